The number of amides is 1. The van der Waals surface area contributed by atoms with Crippen LogP contribution >= 0.6 is 23.7 Å². The van der Waals surface area contributed by atoms with Gasteiger partial charge in [-0.15, -0.1) is 12.4 Å². The van der Waals surface area contributed by atoms with Crippen LogP contribution in [0.5, 0.6) is 5.75 Å². The number of anilines is 1. The van der Waals surface area contributed by atoms with Crippen molar-refractivity contribution in [3.05, 3.63) is 53.8 Å². The fourth-order valence-electron chi connectivity index (χ4n) is 2.82. The second-order valence-electron chi connectivity index (χ2n) is 6.89. The largest absolute Gasteiger partial charge is 0.484 e. The van der Waals surface area contributed by atoms with E-state index in [1.807, 2.05) is 51.4 Å². The summed E-state index contributed by atoms with van der Waals surface area (Å²) < 4.78 is 20.4. The summed E-state index contributed by atoms with van der Waals surface area (Å²) in [5, 5.41) is 0.497. The Kier molecular flexibility index (Phi) is 8.37. The lowest BCUT2D eigenvalue weighted by atomic mass is 10.2. The van der Waals surface area contributed by atoms with Gasteiger partial charge in [-0.2, -0.15) is 0 Å². The van der Waals surface area contributed by atoms with E-state index in [0.717, 1.165) is 23.2 Å². The Morgan fingerprint density at radius 3 is 2.62 bits per heavy atom. The quantitative estimate of drug-likeness (QED) is 0.519. The topological polar surface area (TPSA) is 45.7 Å². The number of aryl methyl sites for hydroxylation is 1. The van der Waals surface area contributed by atoms with Crippen molar-refractivity contribution in [3.63, 3.8) is 0 Å². The van der Waals surface area contributed by atoms with E-state index in [1.165, 1.54) is 17.4 Å². The fraction of sp³-hybridized carbons (Fsp3) is 0.333. The number of hydrogen-bond donors (Lipinski definition) is 0. The second-order valence-corrected chi connectivity index (χ2v) is 7.90. The number of hydrogen-bond acceptors (Lipinski definition) is 5. The minimum atomic E-state index is -0.378. The van der Waals surface area contributed by atoms with Gasteiger partial charge in [-0.1, -0.05) is 29.5 Å². The second kappa shape index (κ2) is 10.5. The molecule has 0 saturated heterocycles. The molecular formula is C21H25ClFN3O2S. The predicted molar refractivity (Wildman–Crippen MR) is 119 cm³/mol. The van der Waals surface area contributed by atoms with Crippen molar-refractivity contribution < 1.29 is 13.9 Å². The number of fused-ring (bicyclic) bond motifs is 1. The van der Waals surface area contributed by atoms with E-state index in [2.05, 4.69) is 9.88 Å². The van der Waals surface area contributed by atoms with Gasteiger partial charge in [0, 0.05) is 6.54 Å². The molecule has 0 spiro atoms. The van der Waals surface area contributed by atoms with Gasteiger partial charge in [0.15, 0.2) is 11.7 Å². The maximum absolute atomic E-state index is 14.0. The van der Waals surface area contributed by atoms with Crippen LogP contribution in [-0.4, -0.2) is 49.6 Å². The Morgan fingerprint density at radius 2 is 1.93 bits per heavy atom. The van der Waals surface area contributed by atoms with Crippen LogP contribution in [0.2, 0.25) is 0 Å². The van der Waals surface area contributed by atoms with Gasteiger partial charge in [0.1, 0.15) is 17.1 Å². The molecule has 8 heteroatoms. The number of aromatic nitrogens is 1. The first kappa shape index (κ1) is 23.1. The Morgan fingerprint density at radius 1 is 1.17 bits per heavy atom. The lowest BCUT2D eigenvalue weighted by Gasteiger charge is -2.21. The molecule has 1 aromatic heterocycles. The Bertz CT molecular complexity index is 964. The molecule has 3 rings (SSSR count). The zero-order chi connectivity index (χ0) is 20.1. The Balaban J connectivity index is 0.00000300. The van der Waals surface area contributed by atoms with Crippen LogP contribution in [0, 0.1) is 12.7 Å². The van der Waals surface area contributed by atoms with Crippen LogP contribution in [0.3, 0.4) is 0 Å². The van der Waals surface area contributed by atoms with Gasteiger partial charge < -0.3 is 9.64 Å². The summed E-state index contributed by atoms with van der Waals surface area (Å²) in [4.78, 5) is 20.9. The molecule has 29 heavy (non-hydrogen) atoms. The highest BCUT2D eigenvalue weighted by Gasteiger charge is 2.21. The molecule has 0 atom stereocenters. The summed E-state index contributed by atoms with van der Waals surface area (Å²) in [6.45, 7) is 3.21. The van der Waals surface area contributed by atoms with E-state index in [4.69, 9.17) is 4.74 Å². The minimum absolute atomic E-state index is 0. The average Bonchev–Trinajstić information content (AvgIpc) is 3.08. The number of benzene rings is 2. The SMILES string of the molecule is Cc1cccc(OCC(=O)N(CCCN(C)C)c2nc3c(F)cccc3s2)c1.Cl. The third kappa shape index (κ3) is 6.13. The van der Waals surface area contributed by atoms with E-state index in [1.54, 1.807) is 11.0 Å². The van der Waals surface area contributed by atoms with Gasteiger partial charge in [0.25, 0.3) is 5.91 Å². The smallest absolute Gasteiger partial charge is 0.266 e. The molecule has 1 amide bonds. The van der Waals surface area contributed by atoms with E-state index >= 15 is 0 Å². The van der Waals surface area contributed by atoms with Crippen LogP contribution in [0.25, 0.3) is 10.2 Å². The number of carbonyl (C=O) groups is 1. The first-order valence-electron chi connectivity index (χ1n) is 9.13. The number of para-hydroxylation sites is 1. The third-order valence-corrected chi connectivity index (χ3v) is 5.27. The van der Waals surface area contributed by atoms with Crippen molar-refractivity contribution in [2.24, 2.45) is 0 Å². The van der Waals surface area contributed by atoms with Gasteiger partial charge in [-0.3, -0.25) is 9.69 Å². The van der Waals surface area contributed by atoms with Crippen LogP contribution in [0.15, 0.2) is 42.5 Å². The van der Waals surface area contributed by atoms with Crippen molar-refractivity contribution in [2.75, 3.05) is 38.7 Å². The highest BCUT2D eigenvalue weighted by atomic mass is 35.5. The molecule has 0 bridgehead atoms. The van der Waals surface area contributed by atoms with Crippen LogP contribution in [0.1, 0.15) is 12.0 Å². The van der Waals surface area contributed by atoms with E-state index in [-0.39, 0.29) is 30.7 Å². The molecule has 0 aliphatic carbocycles. The molecule has 2 aromatic carbocycles. The maximum Gasteiger partial charge on any atom is 0.266 e. The summed E-state index contributed by atoms with van der Waals surface area (Å²) in [5.74, 6) is 0.0772. The Hall–Kier alpha value is -2.22. The maximum atomic E-state index is 14.0. The minimum Gasteiger partial charge on any atom is -0.484 e. The fourth-order valence-corrected chi connectivity index (χ4v) is 3.84. The summed E-state index contributed by atoms with van der Waals surface area (Å²) in [6, 6.07) is 12.4. The van der Waals surface area contributed by atoms with Crippen LogP contribution in [0.4, 0.5) is 9.52 Å². The molecule has 0 N–H and O–H groups in total. The van der Waals surface area contributed by atoms with Gasteiger partial charge in [-0.25, -0.2) is 9.37 Å². The van der Waals surface area contributed by atoms with Crippen molar-refractivity contribution >= 4 is 45.0 Å². The monoisotopic (exact) mass is 437 g/mol. The molecule has 1 heterocycles. The van der Waals surface area contributed by atoms with Crippen molar-refractivity contribution in [1.82, 2.24) is 9.88 Å². The first-order valence-corrected chi connectivity index (χ1v) is 9.95. The molecule has 0 fully saturated rings. The number of carbonyl (C=O) groups excluding carboxylic acids is 1. The van der Waals surface area contributed by atoms with E-state index < -0.39 is 0 Å². The number of thiazole rings is 1. The summed E-state index contributed by atoms with van der Waals surface area (Å²) in [7, 11) is 3.97. The number of rotatable bonds is 8. The molecule has 0 radical (unpaired) electrons. The number of halogens is 2. The molecule has 5 nitrogen and oxygen atoms in total. The standard InChI is InChI=1S/C21H24FN3O2S.ClH/c1-15-7-4-8-16(13-15)27-14-19(26)25(12-6-11-24(2)3)21-23-20-17(22)9-5-10-18(20)28-21;/h4-5,7-10,13H,6,11-12,14H2,1-3H3;1H. The molecule has 0 aliphatic rings. The molecule has 0 saturated carbocycles. The number of ether oxygens (including phenoxy) is 1. The van der Waals surface area contributed by atoms with Crippen molar-refractivity contribution in [1.29, 1.82) is 0 Å². The number of nitrogens with zero attached hydrogens (tertiary/aromatic N) is 3. The average molecular weight is 438 g/mol. The summed E-state index contributed by atoms with van der Waals surface area (Å²) >= 11 is 1.32. The normalized spacial score (nSPS) is 10.8. The first-order chi connectivity index (χ1) is 13.4. The van der Waals surface area contributed by atoms with E-state index in [0.29, 0.717) is 22.9 Å². The molecule has 156 valence electrons. The highest BCUT2D eigenvalue weighted by molar-refractivity contribution is 7.22. The third-order valence-electron chi connectivity index (χ3n) is 4.23. The van der Waals surface area contributed by atoms with Gasteiger partial charge in [0.2, 0.25) is 0 Å². The lowest BCUT2D eigenvalue weighted by Crippen LogP contribution is -2.36. The van der Waals surface area contributed by atoms with Gasteiger partial charge in [-0.05, 0) is 63.8 Å². The predicted octanol–water partition coefficient (Wildman–Crippen LogP) is 4.53. The highest BCUT2D eigenvalue weighted by Crippen LogP contribution is 2.30. The zero-order valence-corrected chi connectivity index (χ0v) is 18.4. The van der Waals surface area contributed by atoms with E-state index in [9.17, 15) is 9.18 Å². The Labute approximate surface area is 180 Å². The zero-order valence-electron chi connectivity index (χ0n) is 16.7. The molecular weight excluding hydrogens is 413 g/mol. The summed E-state index contributed by atoms with van der Waals surface area (Å²) in [6.07, 6.45) is 0.779. The lowest BCUT2D eigenvalue weighted by molar-refractivity contribution is -0.120. The van der Waals surface area contributed by atoms with Crippen molar-refractivity contribution in [2.45, 2.75) is 13.3 Å². The molecule has 0 aliphatic heterocycles. The summed E-state index contributed by atoms with van der Waals surface area (Å²) in [5.41, 5.74) is 1.36. The van der Waals surface area contributed by atoms with Crippen LogP contribution in [-0.2, 0) is 4.79 Å². The van der Waals surface area contributed by atoms with Gasteiger partial charge in [0.05, 0.1) is 4.70 Å². The molecule has 0 unspecified atom stereocenters. The van der Waals surface area contributed by atoms with Crippen molar-refractivity contribution in [3.8, 4) is 5.75 Å². The van der Waals surface area contributed by atoms with Gasteiger partial charge >= 0.3 is 0 Å². The molecule has 3 aromatic rings. The van der Waals surface area contributed by atoms with Crippen LogP contribution < -0.4 is 9.64 Å².